The molecule has 1 nitrogen and oxygen atoms in total. The van der Waals surface area contributed by atoms with E-state index in [9.17, 15) is 0 Å². The Bertz CT molecular complexity index is 172. The maximum absolute atomic E-state index is 6.45. The quantitative estimate of drug-likeness (QED) is 0.711. The van der Waals surface area contributed by atoms with E-state index < -0.39 is 0 Å². The lowest BCUT2D eigenvalue weighted by Crippen LogP contribution is -2.36. The molecular formula is C12H23N. The molecule has 0 aliphatic heterocycles. The van der Waals surface area contributed by atoms with Gasteiger partial charge in [0.15, 0.2) is 0 Å². The molecule has 2 atom stereocenters. The van der Waals surface area contributed by atoms with Crippen LogP contribution in [0.25, 0.3) is 0 Å². The molecule has 0 radical (unpaired) electrons. The van der Waals surface area contributed by atoms with Crippen LogP contribution in [-0.2, 0) is 0 Å². The third kappa shape index (κ3) is 1.76. The first-order chi connectivity index (χ1) is 6.27. The fraction of sp³-hybridized carbons (Fsp3) is 1.00. The summed E-state index contributed by atoms with van der Waals surface area (Å²) in [5.74, 6) is 1.75. The Labute approximate surface area is 82.1 Å². The molecule has 0 aromatic carbocycles. The molecule has 0 aromatic rings. The van der Waals surface area contributed by atoms with Crippen LogP contribution in [-0.4, -0.2) is 5.54 Å². The minimum Gasteiger partial charge on any atom is -0.325 e. The standard InChI is InChI=1S/C12H23N/c1-2-6-11-9-12(11,13)10-7-4-3-5-8-10/h10-11H,2-9,13H2,1H3. The molecule has 2 fully saturated rings. The van der Waals surface area contributed by atoms with Crippen molar-refractivity contribution in [1.82, 2.24) is 0 Å². The van der Waals surface area contributed by atoms with Gasteiger partial charge in [0.25, 0.3) is 0 Å². The summed E-state index contributed by atoms with van der Waals surface area (Å²) in [4.78, 5) is 0. The second-order valence-electron chi connectivity index (χ2n) is 5.14. The van der Waals surface area contributed by atoms with Gasteiger partial charge >= 0.3 is 0 Å². The predicted octanol–water partition coefficient (Wildman–Crippen LogP) is 3.08. The number of hydrogen-bond donors (Lipinski definition) is 1. The summed E-state index contributed by atoms with van der Waals surface area (Å²) in [7, 11) is 0. The molecule has 2 rings (SSSR count). The van der Waals surface area contributed by atoms with Crippen molar-refractivity contribution in [2.24, 2.45) is 17.6 Å². The van der Waals surface area contributed by atoms with Crippen LogP contribution in [0.4, 0.5) is 0 Å². The maximum atomic E-state index is 6.45. The summed E-state index contributed by atoms with van der Waals surface area (Å²) < 4.78 is 0. The molecule has 2 saturated carbocycles. The van der Waals surface area contributed by atoms with Crippen molar-refractivity contribution in [2.75, 3.05) is 0 Å². The van der Waals surface area contributed by atoms with Crippen molar-refractivity contribution in [3.63, 3.8) is 0 Å². The van der Waals surface area contributed by atoms with Crippen molar-refractivity contribution >= 4 is 0 Å². The van der Waals surface area contributed by atoms with Crippen LogP contribution in [0.5, 0.6) is 0 Å². The zero-order valence-corrected chi connectivity index (χ0v) is 8.89. The fourth-order valence-electron chi connectivity index (χ4n) is 3.23. The van der Waals surface area contributed by atoms with Crippen LogP contribution < -0.4 is 5.73 Å². The highest BCUT2D eigenvalue weighted by molar-refractivity contribution is 5.11. The van der Waals surface area contributed by atoms with Gasteiger partial charge in [0.05, 0.1) is 0 Å². The van der Waals surface area contributed by atoms with Gasteiger partial charge in [0.1, 0.15) is 0 Å². The number of nitrogens with two attached hydrogens (primary N) is 1. The Morgan fingerprint density at radius 2 is 1.92 bits per heavy atom. The second kappa shape index (κ2) is 3.61. The van der Waals surface area contributed by atoms with Crippen molar-refractivity contribution in [3.05, 3.63) is 0 Å². The SMILES string of the molecule is CCCC1CC1(N)C1CCCCC1. The molecule has 0 heterocycles. The van der Waals surface area contributed by atoms with E-state index in [-0.39, 0.29) is 5.54 Å². The van der Waals surface area contributed by atoms with Crippen molar-refractivity contribution in [1.29, 1.82) is 0 Å². The van der Waals surface area contributed by atoms with Crippen LogP contribution in [0, 0.1) is 11.8 Å². The summed E-state index contributed by atoms with van der Waals surface area (Å²) in [5, 5.41) is 0. The maximum Gasteiger partial charge on any atom is 0.0215 e. The molecule has 2 N–H and O–H groups in total. The molecule has 0 aromatic heterocycles. The van der Waals surface area contributed by atoms with Gasteiger partial charge < -0.3 is 5.73 Å². The van der Waals surface area contributed by atoms with Gasteiger partial charge in [-0.2, -0.15) is 0 Å². The van der Waals surface area contributed by atoms with Gasteiger partial charge in [-0.25, -0.2) is 0 Å². The molecule has 0 spiro atoms. The smallest absolute Gasteiger partial charge is 0.0215 e. The lowest BCUT2D eigenvalue weighted by Gasteiger charge is -2.28. The highest BCUT2D eigenvalue weighted by Gasteiger charge is 2.54. The van der Waals surface area contributed by atoms with E-state index in [1.807, 2.05) is 0 Å². The summed E-state index contributed by atoms with van der Waals surface area (Å²) in [6.07, 6.45) is 11.2. The first kappa shape index (κ1) is 9.51. The molecule has 13 heavy (non-hydrogen) atoms. The van der Waals surface area contributed by atoms with Crippen LogP contribution in [0.15, 0.2) is 0 Å². The van der Waals surface area contributed by atoms with Crippen LogP contribution >= 0.6 is 0 Å². The van der Waals surface area contributed by atoms with Crippen molar-refractivity contribution in [2.45, 2.75) is 63.8 Å². The highest BCUT2D eigenvalue weighted by atomic mass is 14.9. The van der Waals surface area contributed by atoms with E-state index in [2.05, 4.69) is 6.92 Å². The summed E-state index contributed by atoms with van der Waals surface area (Å²) >= 11 is 0. The second-order valence-corrected chi connectivity index (χ2v) is 5.14. The van der Waals surface area contributed by atoms with E-state index in [1.165, 1.54) is 51.4 Å². The van der Waals surface area contributed by atoms with Gasteiger partial charge in [0, 0.05) is 5.54 Å². The lowest BCUT2D eigenvalue weighted by molar-refractivity contribution is 0.274. The molecule has 2 aliphatic rings. The zero-order valence-electron chi connectivity index (χ0n) is 8.89. The van der Waals surface area contributed by atoms with E-state index in [1.54, 1.807) is 0 Å². The van der Waals surface area contributed by atoms with Crippen LogP contribution in [0.2, 0.25) is 0 Å². The molecule has 0 amide bonds. The Hall–Kier alpha value is -0.0400. The molecule has 1 heteroatoms. The predicted molar refractivity (Wildman–Crippen MR) is 56.5 cm³/mol. The Morgan fingerprint density at radius 3 is 2.54 bits per heavy atom. The highest BCUT2D eigenvalue weighted by Crippen LogP contribution is 2.53. The fourth-order valence-corrected chi connectivity index (χ4v) is 3.23. The third-order valence-electron chi connectivity index (χ3n) is 4.20. The summed E-state index contributed by atoms with van der Waals surface area (Å²) in [5.41, 5.74) is 6.74. The van der Waals surface area contributed by atoms with Gasteiger partial charge in [-0.1, -0.05) is 32.6 Å². The van der Waals surface area contributed by atoms with Gasteiger partial charge in [-0.05, 0) is 37.5 Å². The molecule has 2 aliphatic carbocycles. The van der Waals surface area contributed by atoms with Gasteiger partial charge in [-0.3, -0.25) is 0 Å². The molecule has 0 bridgehead atoms. The van der Waals surface area contributed by atoms with E-state index in [4.69, 9.17) is 5.73 Å². The third-order valence-corrected chi connectivity index (χ3v) is 4.20. The average Bonchev–Trinajstić information content (AvgIpc) is 2.81. The van der Waals surface area contributed by atoms with Crippen LogP contribution in [0.3, 0.4) is 0 Å². The Balaban J connectivity index is 1.86. The van der Waals surface area contributed by atoms with E-state index in [0.717, 1.165) is 11.8 Å². The summed E-state index contributed by atoms with van der Waals surface area (Å²) in [6, 6.07) is 0. The molecule has 2 unspecified atom stereocenters. The average molecular weight is 181 g/mol. The minimum atomic E-state index is 0.288. The minimum absolute atomic E-state index is 0.288. The Kier molecular flexibility index (Phi) is 2.64. The topological polar surface area (TPSA) is 26.0 Å². The first-order valence-electron chi connectivity index (χ1n) is 6.06. The molecule has 0 saturated heterocycles. The molecule has 76 valence electrons. The van der Waals surface area contributed by atoms with E-state index >= 15 is 0 Å². The van der Waals surface area contributed by atoms with Crippen molar-refractivity contribution in [3.8, 4) is 0 Å². The Morgan fingerprint density at radius 1 is 1.23 bits per heavy atom. The summed E-state index contributed by atoms with van der Waals surface area (Å²) in [6.45, 7) is 2.28. The first-order valence-corrected chi connectivity index (χ1v) is 6.06. The van der Waals surface area contributed by atoms with E-state index in [0.29, 0.717) is 0 Å². The number of hydrogen-bond acceptors (Lipinski definition) is 1. The van der Waals surface area contributed by atoms with Crippen LogP contribution in [0.1, 0.15) is 58.3 Å². The van der Waals surface area contributed by atoms with Crippen molar-refractivity contribution < 1.29 is 0 Å². The normalized spacial score (nSPS) is 40.6. The monoisotopic (exact) mass is 181 g/mol. The zero-order chi connectivity index (χ0) is 9.31. The molecular weight excluding hydrogens is 158 g/mol. The lowest BCUT2D eigenvalue weighted by atomic mass is 9.81. The van der Waals surface area contributed by atoms with Gasteiger partial charge in [0.2, 0.25) is 0 Å². The largest absolute Gasteiger partial charge is 0.325 e. The number of rotatable bonds is 3. The van der Waals surface area contributed by atoms with Gasteiger partial charge in [-0.15, -0.1) is 0 Å².